The number of nitrogens with one attached hydrogen (secondary N) is 1. The van der Waals surface area contributed by atoms with Gasteiger partial charge in [-0.2, -0.15) is 0 Å². The first-order valence-electron chi connectivity index (χ1n) is 8.50. The topological polar surface area (TPSA) is 45.2 Å². The van der Waals surface area contributed by atoms with Crippen molar-refractivity contribution in [2.75, 3.05) is 23.7 Å². The maximum Gasteiger partial charge on any atom is 0.254 e. The summed E-state index contributed by atoms with van der Waals surface area (Å²) in [5.41, 5.74) is 2.28. The highest BCUT2D eigenvalue weighted by atomic mass is 32.2. The largest absolute Gasteiger partial charge is 0.356 e. The molecule has 132 valence electrons. The summed E-state index contributed by atoms with van der Waals surface area (Å²) in [7, 11) is 0. The molecule has 3 rings (SSSR count). The molecule has 1 aromatic heterocycles. The maximum absolute atomic E-state index is 13.3. The SMILES string of the molecule is CCSc1nc(N2CCC2)cc(C)c1C(=O)NCc1cccc(F)c1. The Kier molecular flexibility index (Phi) is 5.58. The van der Waals surface area contributed by atoms with Crippen LogP contribution in [0.4, 0.5) is 10.2 Å². The second-order valence-corrected chi connectivity index (χ2v) is 7.32. The van der Waals surface area contributed by atoms with Gasteiger partial charge in [-0.15, -0.1) is 11.8 Å². The number of aryl methyl sites for hydroxylation is 1. The molecule has 1 aliphatic heterocycles. The van der Waals surface area contributed by atoms with E-state index in [0.29, 0.717) is 12.1 Å². The fourth-order valence-electron chi connectivity index (χ4n) is 2.77. The number of pyridine rings is 1. The Bertz CT molecular complexity index is 777. The van der Waals surface area contributed by atoms with E-state index in [9.17, 15) is 9.18 Å². The summed E-state index contributed by atoms with van der Waals surface area (Å²) >= 11 is 1.58. The van der Waals surface area contributed by atoms with Crippen LogP contribution >= 0.6 is 11.8 Å². The van der Waals surface area contributed by atoms with Gasteiger partial charge in [-0.3, -0.25) is 4.79 Å². The second kappa shape index (κ2) is 7.87. The maximum atomic E-state index is 13.3. The Balaban J connectivity index is 1.80. The summed E-state index contributed by atoms with van der Waals surface area (Å²) in [5.74, 6) is 1.33. The molecule has 1 fully saturated rings. The van der Waals surface area contributed by atoms with Crippen molar-refractivity contribution in [2.24, 2.45) is 0 Å². The van der Waals surface area contributed by atoms with Gasteiger partial charge in [0.05, 0.1) is 5.56 Å². The van der Waals surface area contributed by atoms with E-state index in [0.717, 1.165) is 40.8 Å². The summed E-state index contributed by atoms with van der Waals surface area (Å²) in [6, 6.07) is 8.24. The van der Waals surface area contributed by atoms with E-state index in [1.807, 2.05) is 19.9 Å². The first kappa shape index (κ1) is 17.7. The van der Waals surface area contributed by atoms with Crippen molar-refractivity contribution in [2.45, 2.75) is 31.8 Å². The molecular weight excluding hydrogens is 337 g/mol. The van der Waals surface area contributed by atoms with Crippen molar-refractivity contribution < 1.29 is 9.18 Å². The molecule has 2 aromatic rings. The third-order valence-electron chi connectivity index (χ3n) is 4.20. The van der Waals surface area contributed by atoms with E-state index in [-0.39, 0.29) is 11.7 Å². The Hall–Kier alpha value is -2.08. The number of carbonyl (C=O) groups excluding carboxylic acids is 1. The number of amides is 1. The van der Waals surface area contributed by atoms with Crippen LogP contribution in [-0.2, 0) is 6.54 Å². The number of aromatic nitrogens is 1. The van der Waals surface area contributed by atoms with Gasteiger partial charge in [0, 0.05) is 19.6 Å². The number of anilines is 1. The first-order valence-corrected chi connectivity index (χ1v) is 9.49. The quantitative estimate of drug-likeness (QED) is 0.797. The van der Waals surface area contributed by atoms with E-state index >= 15 is 0 Å². The highest BCUT2D eigenvalue weighted by Gasteiger charge is 2.22. The molecule has 1 aromatic carbocycles. The Morgan fingerprint density at radius 3 is 2.80 bits per heavy atom. The first-order chi connectivity index (χ1) is 12.1. The lowest BCUT2D eigenvalue weighted by atomic mass is 10.1. The van der Waals surface area contributed by atoms with Crippen molar-refractivity contribution in [3.8, 4) is 0 Å². The molecule has 0 bridgehead atoms. The van der Waals surface area contributed by atoms with Gasteiger partial charge < -0.3 is 10.2 Å². The molecule has 1 N–H and O–H groups in total. The molecule has 2 heterocycles. The molecule has 0 spiro atoms. The zero-order valence-corrected chi connectivity index (χ0v) is 15.3. The number of halogens is 1. The van der Waals surface area contributed by atoms with Crippen LogP contribution in [0, 0.1) is 12.7 Å². The van der Waals surface area contributed by atoms with Gasteiger partial charge in [0.25, 0.3) is 5.91 Å². The molecule has 4 nitrogen and oxygen atoms in total. The van der Waals surface area contributed by atoms with E-state index in [2.05, 4.69) is 10.2 Å². The lowest BCUT2D eigenvalue weighted by Crippen LogP contribution is -2.38. The third kappa shape index (κ3) is 4.12. The Morgan fingerprint density at radius 2 is 2.16 bits per heavy atom. The number of hydrogen-bond donors (Lipinski definition) is 1. The van der Waals surface area contributed by atoms with E-state index < -0.39 is 0 Å². The van der Waals surface area contributed by atoms with Crippen LogP contribution in [0.2, 0.25) is 0 Å². The van der Waals surface area contributed by atoms with Crippen LogP contribution < -0.4 is 10.2 Å². The molecular formula is C19H22FN3OS. The molecule has 0 unspecified atom stereocenters. The average molecular weight is 359 g/mol. The van der Waals surface area contributed by atoms with E-state index in [1.165, 1.54) is 18.6 Å². The number of carbonyl (C=O) groups is 1. The summed E-state index contributed by atoms with van der Waals surface area (Å²) in [6.45, 7) is 6.33. The number of rotatable bonds is 6. The van der Waals surface area contributed by atoms with Gasteiger partial charge in [-0.05, 0) is 48.4 Å². The molecule has 0 radical (unpaired) electrons. The number of benzene rings is 1. The van der Waals surface area contributed by atoms with Crippen molar-refractivity contribution in [1.82, 2.24) is 10.3 Å². The van der Waals surface area contributed by atoms with Crippen LogP contribution in [0.25, 0.3) is 0 Å². The van der Waals surface area contributed by atoms with E-state index in [1.54, 1.807) is 23.9 Å². The van der Waals surface area contributed by atoms with Gasteiger partial charge >= 0.3 is 0 Å². The molecule has 25 heavy (non-hydrogen) atoms. The average Bonchev–Trinajstić information content (AvgIpc) is 2.51. The number of nitrogens with zero attached hydrogens (tertiary/aromatic N) is 2. The summed E-state index contributed by atoms with van der Waals surface area (Å²) in [6.07, 6.45) is 1.19. The third-order valence-corrected chi connectivity index (χ3v) is 5.06. The number of hydrogen-bond acceptors (Lipinski definition) is 4. The highest BCUT2D eigenvalue weighted by molar-refractivity contribution is 7.99. The zero-order valence-electron chi connectivity index (χ0n) is 14.5. The predicted octanol–water partition coefficient (Wildman–Crippen LogP) is 3.78. The van der Waals surface area contributed by atoms with Crippen LogP contribution in [-0.4, -0.2) is 29.7 Å². The predicted molar refractivity (Wildman–Crippen MR) is 99.8 cm³/mol. The van der Waals surface area contributed by atoms with Gasteiger partial charge in [-0.25, -0.2) is 9.37 Å². The Morgan fingerprint density at radius 1 is 1.36 bits per heavy atom. The van der Waals surface area contributed by atoms with E-state index in [4.69, 9.17) is 4.98 Å². The summed E-state index contributed by atoms with van der Waals surface area (Å²) in [4.78, 5) is 19.6. The summed E-state index contributed by atoms with van der Waals surface area (Å²) in [5, 5.41) is 3.65. The van der Waals surface area contributed by atoms with Crippen molar-refractivity contribution in [3.05, 3.63) is 52.8 Å². The van der Waals surface area contributed by atoms with Gasteiger partial charge in [0.2, 0.25) is 0 Å². The monoisotopic (exact) mass is 359 g/mol. The highest BCUT2D eigenvalue weighted by Crippen LogP contribution is 2.29. The van der Waals surface area contributed by atoms with Crippen LogP contribution in [0.1, 0.15) is 34.8 Å². The van der Waals surface area contributed by atoms with Crippen molar-refractivity contribution in [3.63, 3.8) is 0 Å². The minimum absolute atomic E-state index is 0.166. The standard InChI is InChI=1S/C19H22FN3OS/c1-3-25-19-17(13(2)10-16(22-19)23-8-5-9-23)18(24)21-12-14-6-4-7-15(20)11-14/h4,6-7,10-11H,3,5,8-9,12H2,1-2H3,(H,21,24). The van der Waals surface area contributed by atoms with Crippen molar-refractivity contribution in [1.29, 1.82) is 0 Å². The fourth-order valence-corrected chi connectivity index (χ4v) is 3.60. The smallest absolute Gasteiger partial charge is 0.254 e. The summed E-state index contributed by atoms with van der Waals surface area (Å²) < 4.78 is 13.3. The molecule has 1 aliphatic rings. The minimum atomic E-state index is -0.300. The van der Waals surface area contributed by atoms with Crippen LogP contribution in [0.5, 0.6) is 0 Å². The molecule has 0 aliphatic carbocycles. The zero-order chi connectivity index (χ0) is 17.8. The Labute approximate surface area is 151 Å². The molecule has 0 saturated carbocycles. The van der Waals surface area contributed by atoms with Gasteiger partial charge in [0.15, 0.2) is 0 Å². The van der Waals surface area contributed by atoms with Crippen LogP contribution in [0.15, 0.2) is 35.4 Å². The normalized spacial score (nSPS) is 13.5. The molecule has 6 heteroatoms. The van der Waals surface area contributed by atoms with Gasteiger partial charge in [0.1, 0.15) is 16.7 Å². The number of thioether (sulfide) groups is 1. The van der Waals surface area contributed by atoms with Crippen molar-refractivity contribution >= 4 is 23.5 Å². The fraction of sp³-hybridized carbons (Fsp3) is 0.368. The van der Waals surface area contributed by atoms with Gasteiger partial charge in [-0.1, -0.05) is 19.1 Å². The lowest BCUT2D eigenvalue weighted by molar-refractivity contribution is 0.0946. The molecule has 0 atom stereocenters. The minimum Gasteiger partial charge on any atom is -0.356 e. The molecule has 1 amide bonds. The van der Waals surface area contributed by atoms with Crippen LogP contribution in [0.3, 0.4) is 0 Å². The lowest BCUT2D eigenvalue weighted by Gasteiger charge is -2.32. The molecule has 1 saturated heterocycles. The second-order valence-electron chi connectivity index (χ2n) is 6.06.